The number of rotatable bonds is 7. The molecule has 0 unspecified atom stereocenters. The molecule has 0 atom stereocenters. The smallest absolute Gasteiger partial charge is 0.243 e. The number of carbonyl (C=O) groups is 1. The number of hydrogen-bond acceptors (Lipinski definition) is 5. The van der Waals surface area contributed by atoms with E-state index in [1.807, 2.05) is 0 Å². The largest absolute Gasteiger partial charge is 0.486 e. The van der Waals surface area contributed by atoms with Gasteiger partial charge in [-0.3, -0.25) is 4.79 Å². The van der Waals surface area contributed by atoms with Crippen molar-refractivity contribution in [1.82, 2.24) is 9.62 Å². The van der Waals surface area contributed by atoms with Gasteiger partial charge in [0.1, 0.15) is 13.2 Å². The average molecular weight is 465 g/mol. The van der Waals surface area contributed by atoms with Gasteiger partial charge in [-0.2, -0.15) is 4.31 Å². The summed E-state index contributed by atoms with van der Waals surface area (Å²) < 4.78 is 39.2. The number of amides is 1. The van der Waals surface area contributed by atoms with Crippen molar-refractivity contribution in [1.29, 1.82) is 0 Å². The van der Waals surface area contributed by atoms with Crippen LogP contribution in [0.25, 0.3) is 0 Å². The second-order valence-corrected chi connectivity index (χ2v) is 10.1. The number of ether oxygens (including phenoxy) is 2. The van der Waals surface area contributed by atoms with Crippen molar-refractivity contribution in [2.24, 2.45) is 0 Å². The van der Waals surface area contributed by atoms with Crippen LogP contribution >= 0.6 is 11.6 Å². The zero-order valence-electron chi connectivity index (χ0n) is 17.1. The normalized spacial score (nSPS) is 16.5. The van der Waals surface area contributed by atoms with Crippen molar-refractivity contribution >= 4 is 27.5 Å². The van der Waals surface area contributed by atoms with E-state index in [0.29, 0.717) is 35.3 Å². The molecule has 1 aliphatic heterocycles. The molecule has 1 aliphatic carbocycles. The van der Waals surface area contributed by atoms with E-state index in [1.54, 1.807) is 30.3 Å². The molecule has 1 heterocycles. The topological polar surface area (TPSA) is 84.9 Å². The molecular formula is C22H25ClN2O5S. The van der Waals surface area contributed by atoms with Crippen molar-refractivity contribution in [3.63, 3.8) is 0 Å². The Hall–Kier alpha value is -2.29. The van der Waals surface area contributed by atoms with Gasteiger partial charge in [0.15, 0.2) is 11.5 Å². The molecule has 0 spiro atoms. The Kier molecular flexibility index (Phi) is 6.69. The molecule has 166 valence electrons. The molecule has 1 N–H and O–H groups in total. The van der Waals surface area contributed by atoms with E-state index in [4.69, 9.17) is 21.1 Å². The van der Waals surface area contributed by atoms with Gasteiger partial charge in [-0.1, -0.05) is 42.6 Å². The van der Waals surface area contributed by atoms with Gasteiger partial charge in [-0.25, -0.2) is 8.42 Å². The quantitative estimate of drug-likeness (QED) is 0.679. The average Bonchev–Trinajstić information content (AvgIpc) is 3.27. The van der Waals surface area contributed by atoms with E-state index in [9.17, 15) is 13.2 Å². The minimum atomic E-state index is -4.00. The lowest BCUT2D eigenvalue weighted by Crippen LogP contribution is -2.43. The maximum atomic E-state index is 13.5. The molecule has 7 nitrogen and oxygen atoms in total. The van der Waals surface area contributed by atoms with Crippen LogP contribution in [0.4, 0.5) is 0 Å². The summed E-state index contributed by atoms with van der Waals surface area (Å²) in [4.78, 5) is 12.7. The number of halogens is 1. The van der Waals surface area contributed by atoms with Crippen LogP contribution in [-0.2, 0) is 21.4 Å². The van der Waals surface area contributed by atoms with Crippen molar-refractivity contribution in [2.45, 2.75) is 43.2 Å². The van der Waals surface area contributed by atoms with Crippen LogP contribution < -0.4 is 14.8 Å². The second kappa shape index (κ2) is 9.46. The molecule has 2 aromatic rings. The van der Waals surface area contributed by atoms with Crippen molar-refractivity contribution in [2.75, 3.05) is 19.8 Å². The highest BCUT2D eigenvalue weighted by Gasteiger charge is 2.30. The Labute approximate surface area is 187 Å². The first-order valence-corrected chi connectivity index (χ1v) is 12.2. The van der Waals surface area contributed by atoms with Crippen LogP contribution in [0.5, 0.6) is 11.5 Å². The summed E-state index contributed by atoms with van der Waals surface area (Å²) in [6.45, 7) is 0.454. The molecule has 1 amide bonds. The Bertz CT molecular complexity index is 1050. The highest BCUT2D eigenvalue weighted by Crippen LogP contribution is 2.33. The molecule has 1 fully saturated rings. The number of sulfonamides is 1. The van der Waals surface area contributed by atoms with Crippen molar-refractivity contribution in [3.8, 4) is 11.5 Å². The van der Waals surface area contributed by atoms with E-state index in [-0.39, 0.29) is 29.9 Å². The molecule has 31 heavy (non-hydrogen) atoms. The molecule has 0 aromatic heterocycles. The first-order chi connectivity index (χ1) is 14.9. The molecule has 2 aliphatic rings. The van der Waals surface area contributed by atoms with Gasteiger partial charge >= 0.3 is 0 Å². The monoisotopic (exact) mass is 464 g/mol. The van der Waals surface area contributed by atoms with Crippen LogP contribution in [0.3, 0.4) is 0 Å². The van der Waals surface area contributed by atoms with Gasteiger partial charge in [0.2, 0.25) is 15.9 Å². The van der Waals surface area contributed by atoms with Crippen LogP contribution in [0, 0.1) is 0 Å². The number of fused-ring (bicyclic) bond motifs is 1. The molecule has 0 saturated heterocycles. The Morgan fingerprint density at radius 1 is 1.06 bits per heavy atom. The summed E-state index contributed by atoms with van der Waals surface area (Å²) in [5.41, 5.74) is 0.624. The zero-order valence-corrected chi connectivity index (χ0v) is 18.6. The number of nitrogens with one attached hydrogen (secondary N) is 1. The summed E-state index contributed by atoms with van der Waals surface area (Å²) in [5, 5.41) is 3.41. The van der Waals surface area contributed by atoms with E-state index in [1.165, 1.54) is 12.1 Å². The fraction of sp³-hybridized carbons (Fsp3) is 0.409. The van der Waals surface area contributed by atoms with Crippen LogP contribution in [0.1, 0.15) is 31.2 Å². The van der Waals surface area contributed by atoms with Gasteiger partial charge in [-0.05, 0) is 36.6 Å². The third kappa shape index (κ3) is 5.14. The number of carbonyl (C=O) groups excluding carboxylic acids is 1. The lowest BCUT2D eigenvalue weighted by Gasteiger charge is -2.24. The predicted octanol–water partition coefficient (Wildman–Crippen LogP) is 3.36. The molecule has 2 aromatic carbocycles. The Morgan fingerprint density at radius 3 is 2.52 bits per heavy atom. The van der Waals surface area contributed by atoms with Crippen molar-refractivity contribution < 1.29 is 22.7 Å². The third-order valence-electron chi connectivity index (χ3n) is 5.50. The standard InChI is InChI=1S/C22H25ClN2O5S/c23-19-8-4-1-5-16(19)14-25(15-22(26)24-17-6-2-3-7-17)31(27,28)18-9-10-20-21(13-18)30-12-11-29-20/h1,4-5,8-10,13,17H,2-3,6-7,11-12,14-15H2,(H,24,26). The summed E-state index contributed by atoms with van der Waals surface area (Å²) in [6, 6.07) is 11.6. The van der Waals surface area contributed by atoms with Crippen LogP contribution in [-0.4, -0.2) is 44.4 Å². The summed E-state index contributed by atoms with van der Waals surface area (Å²) >= 11 is 6.27. The Balaban J connectivity index is 1.61. The minimum Gasteiger partial charge on any atom is -0.486 e. The molecule has 0 bridgehead atoms. The highest BCUT2D eigenvalue weighted by atomic mass is 35.5. The molecule has 1 saturated carbocycles. The van der Waals surface area contributed by atoms with Crippen LogP contribution in [0.2, 0.25) is 5.02 Å². The fourth-order valence-corrected chi connectivity index (χ4v) is 5.47. The highest BCUT2D eigenvalue weighted by molar-refractivity contribution is 7.89. The summed E-state index contributed by atoms with van der Waals surface area (Å²) in [6.07, 6.45) is 3.99. The van der Waals surface area contributed by atoms with Gasteiger partial charge in [-0.15, -0.1) is 0 Å². The predicted molar refractivity (Wildman–Crippen MR) is 117 cm³/mol. The molecule has 0 radical (unpaired) electrons. The van der Waals surface area contributed by atoms with Gasteiger partial charge < -0.3 is 14.8 Å². The van der Waals surface area contributed by atoms with E-state index in [0.717, 1.165) is 30.0 Å². The SMILES string of the molecule is O=C(CN(Cc1ccccc1Cl)S(=O)(=O)c1ccc2c(c1)OCCO2)NC1CCCC1. The summed E-state index contributed by atoms with van der Waals surface area (Å²) in [5.74, 6) is 0.558. The second-order valence-electron chi connectivity index (χ2n) is 7.72. The first-order valence-electron chi connectivity index (χ1n) is 10.4. The minimum absolute atomic E-state index is 0.0193. The van der Waals surface area contributed by atoms with E-state index >= 15 is 0 Å². The number of hydrogen-bond donors (Lipinski definition) is 1. The van der Waals surface area contributed by atoms with Crippen molar-refractivity contribution in [3.05, 3.63) is 53.1 Å². The van der Waals surface area contributed by atoms with E-state index in [2.05, 4.69) is 5.32 Å². The third-order valence-corrected chi connectivity index (χ3v) is 7.65. The van der Waals surface area contributed by atoms with Gasteiger partial charge in [0, 0.05) is 23.7 Å². The zero-order chi connectivity index (χ0) is 21.8. The maximum Gasteiger partial charge on any atom is 0.243 e. The lowest BCUT2D eigenvalue weighted by molar-refractivity contribution is -0.122. The molecular weight excluding hydrogens is 440 g/mol. The van der Waals surface area contributed by atoms with Gasteiger partial charge in [0.05, 0.1) is 11.4 Å². The fourth-order valence-electron chi connectivity index (χ4n) is 3.88. The Morgan fingerprint density at radius 2 is 1.77 bits per heavy atom. The number of benzene rings is 2. The van der Waals surface area contributed by atoms with E-state index < -0.39 is 10.0 Å². The first kappa shape index (κ1) is 21.9. The van der Waals surface area contributed by atoms with Gasteiger partial charge in [0.25, 0.3) is 0 Å². The molecule has 9 heteroatoms. The summed E-state index contributed by atoms with van der Waals surface area (Å²) in [7, 11) is -4.00. The number of nitrogens with zero attached hydrogens (tertiary/aromatic N) is 1. The lowest BCUT2D eigenvalue weighted by atomic mass is 10.2. The maximum absolute atomic E-state index is 13.5. The molecule has 4 rings (SSSR count). The van der Waals surface area contributed by atoms with Crippen LogP contribution in [0.15, 0.2) is 47.4 Å².